The van der Waals surface area contributed by atoms with Crippen LogP contribution in [0.15, 0.2) is 24.5 Å². The molecule has 2 rings (SSSR count). The molecule has 0 aromatic carbocycles. The second kappa shape index (κ2) is 7.69. The second-order valence-corrected chi connectivity index (χ2v) is 6.48. The van der Waals surface area contributed by atoms with Gasteiger partial charge >= 0.3 is 0 Å². The molecular weight excluding hydrogens is 316 g/mol. The molecule has 1 saturated heterocycles. The van der Waals surface area contributed by atoms with Crippen molar-refractivity contribution < 1.29 is 13.2 Å². The molecule has 0 saturated carbocycles. The fraction of sp³-hybridized carbons (Fsp3) is 0.500. The maximum atomic E-state index is 12.2. The number of pyridine rings is 1. The zero-order valence-electron chi connectivity index (χ0n) is 11.7. The van der Waals surface area contributed by atoms with Crippen LogP contribution in [0.25, 0.3) is 0 Å². The number of nitrogens with one attached hydrogen (secondary N) is 2. The third-order valence-corrected chi connectivity index (χ3v) is 4.51. The molecule has 2 N–H and O–H groups in total. The van der Waals surface area contributed by atoms with E-state index in [0.717, 1.165) is 5.56 Å². The van der Waals surface area contributed by atoms with Gasteiger partial charge in [0.05, 0.1) is 6.04 Å². The predicted molar refractivity (Wildman–Crippen MR) is 81.7 cm³/mol. The number of piperazine rings is 1. The van der Waals surface area contributed by atoms with Gasteiger partial charge in [-0.25, -0.2) is 13.1 Å². The van der Waals surface area contributed by atoms with Crippen molar-refractivity contribution in [1.82, 2.24) is 19.9 Å². The average Bonchev–Trinajstić information content (AvgIpc) is 2.48. The van der Waals surface area contributed by atoms with Crippen molar-refractivity contribution in [2.45, 2.75) is 6.04 Å². The van der Waals surface area contributed by atoms with Crippen molar-refractivity contribution in [3.05, 3.63) is 30.1 Å². The molecule has 2 heterocycles. The normalized spacial score (nSPS) is 18.9. The first kappa shape index (κ1) is 17.8. The molecule has 0 spiro atoms. The van der Waals surface area contributed by atoms with E-state index < -0.39 is 21.7 Å². The molecule has 0 aliphatic carbocycles. The summed E-state index contributed by atoms with van der Waals surface area (Å²) >= 11 is 0. The Bertz CT molecular complexity index is 567. The summed E-state index contributed by atoms with van der Waals surface area (Å²) in [6.45, 7) is 1.73. The first-order valence-corrected chi connectivity index (χ1v) is 8.00. The Kier molecular flexibility index (Phi) is 6.53. The highest BCUT2D eigenvalue weighted by Gasteiger charge is 2.30. The van der Waals surface area contributed by atoms with Crippen LogP contribution in [0.5, 0.6) is 0 Å². The van der Waals surface area contributed by atoms with E-state index in [1.807, 2.05) is 6.07 Å². The molecule has 1 aliphatic heterocycles. The summed E-state index contributed by atoms with van der Waals surface area (Å²) in [6, 6.07) is 3.51. The van der Waals surface area contributed by atoms with Crippen molar-refractivity contribution in [1.29, 1.82) is 0 Å². The van der Waals surface area contributed by atoms with Gasteiger partial charge in [-0.1, -0.05) is 6.07 Å². The third kappa shape index (κ3) is 4.63. The molecule has 1 aromatic rings. The zero-order valence-corrected chi connectivity index (χ0v) is 13.3. The first-order chi connectivity index (χ1) is 9.53. The van der Waals surface area contributed by atoms with Gasteiger partial charge in [-0.05, 0) is 18.7 Å². The van der Waals surface area contributed by atoms with Crippen LogP contribution in [-0.2, 0) is 14.8 Å². The van der Waals surface area contributed by atoms with Crippen LogP contribution >= 0.6 is 12.4 Å². The minimum Gasteiger partial charge on any atom is -0.332 e. The van der Waals surface area contributed by atoms with Crippen molar-refractivity contribution in [2.24, 2.45) is 0 Å². The largest absolute Gasteiger partial charge is 0.332 e. The standard InChI is InChI=1S/C12H18N4O3S.ClH/c1-13-20(18,19)9-12(17)16-6-5-15-8-11(16)10-3-2-4-14-7-10;/h2-4,7,11,13,15H,5-6,8-9H2,1H3;1H. The molecule has 21 heavy (non-hydrogen) atoms. The Hall–Kier alpha value is -1.22. The number of sulfonamides is 1. The van der Waals surface area contributed by atoms with Gasteiger partial charge in [0.15, 0.2) is 0 Å². The lowest BCUT2D eigenvalue weighted by Gasteiger charge is -2.36. The maximum absolute atomic E-state index is 12.2. The third-order valence-electron chi connectivity index (χ3n) is 3.26. The van der Waals surface area contributed by atoms with E-state index in [1.54, 1.807) is 23.4 Å². The van der Waals surface area contributed by atoms with E-state index in [-0.39, 0.29) is 18.4 Å². The van der Waals surface area contributed by atoms with E-state index in [9.17, 15) is 13.2 Å². The summed E-state index contributed by atoms with van der Waals surface area (Å²) in [6.07, 6.45) is 3.36. The monoisotopic (exact) mass is 334 g/mol. The molecule has 1 amide bonds. The number of halogens is 1. The lowest BCUT2D eigenvalue weighted by molar-refractivity contribution is -0.131. The quantitative estimate of drug-likeness (QED) is 0.776. The molecule has 1 aromatic heterocycles. The highest BCUT2D eigenvalue weighted by Crippen LogP contribution is 2.21. The molecule has 0 radical (unpaired) electrons. The number of carbonyl (C=O) groups excluding carboxylic acids is 1. The molecule has 1 unspecified atom stereocenters. The van der Waals surface area contributed by atoms with Crippen LogP contribution in [0.3, 0.4) is 0 Å². The van der Waals surface area contributed by atoms with E-state index >= 15 is 0 Å². The number of amides is 1. The minimum atomic E-state index is -3.55. The van der Waals surface area contributed by atoms with Crippen molar-refractivity contribution in [3.8, 4) is 0 Å². The molecule has 118 valence electrons. The van der Waals surface area contributed by atoms with Crippen LogP contribution in [0, 0.1) is 0 Å². The van der Waals surface area contributed by atoms with Crippen molar-refractivity contribution in [3.63, 3.8) is 0 Å². The molecule has 1 aliphatic rings. The summed E-state index contributed by atoms with van der Waals surface area (Å²) in [5, 5.41) is 3.21. The van der Waals surface area contributed by atoms with Crippen LogP contribution in [-0.4, -0.2) is 56.6 Å². The van der Waals surface area contributed by atoms with Crippen LogP contribution < -0.4 is 10.0 Å². The Morgan fingerprint density at radius 3 is 2.95 bits per heavy atom. The Labute approximate surface area is 130 Å². The van der Waals surface area contributed by atoms with E-state index in [4.69, 9.17) is 0 Å². The predicted octanol–water partition coefficient (Wildman–Crippen LogP) is -0.474. The average molecular weight is 335 g/mol. The Morgan fingerprint density at radius 1 is 1.57 bits per heavy atom. The van der Waals surface area contributed by atoms with Crippen molar-refractivity contribution in [2.75, 3.05) is 32.4 Å². The van der Waals surface area contributed by atoms with Crippen molar-refractivity contribution >= 4 is 28.3 Å². The lowest BCUT2D eigenvalue weighted by Crippen LogP contribution is -2.50. The number of rotatable bonds is 4. The minimum absolute atomic E-state index is 0. The summed E-state index contributed by atoms with van der Waals surface area (Å²) in [4.78, 5) is 17.9. The molecular formula is C12H19ClN4O3S. The molecule has 1 atom stereocenters. The topological polar surface area (TPSA) is 91.4 Å². The number of hydrogen-bond donors (Lipinski definition) is 2. The van der Waals surface area contributed by atoms with Crippen LogP contribution in [0.2, 0.25) is 0 Å². The van der Waals surface area contributed by atoms with E-state index in [2.05, 4.69) is 15.0 Å². The second-order valence-electron chi connectivity index (χ2n) is 4.56. The van der Waals surface area contributed by atoms with Crippen LogP contribution in [0.4, 0.5) is 0 Å². The van der Waals surface area contributed by atoms with E-state index in [0.29, 0.717) is 19.6 Å². The fourth-order valence-electron chi connectivity index (χ4n) is 2.19. The summed E-state index contributed by atoms with van der Waals surface area (Å²) in [5.74, 6) is -0.921. The first-order valence-electron chi connectivity index (χ1n) is 6.35. The molecule has 0 bridgehead atoms. The van der Waals surface area contributed by atoms with E-state index in [1.165, 1.54) is 7.05 Å². The Balaban J connectivity index is 0.00000220. The van der Waals surface area contributed by atoms with Gasteiger partial charge in [0.25, 0.3) is 0 Å². The molecule has 1 fully saturated rings. The summed E-state index contributed by atoms with van der Waals surface area (Å²) < 4.78 is 25.2. The number of carbonyl (C=O) groups is 1. The van der Waals surface area contributed by atoms with Gasteiger partial charge in [-0.15, -0.1) is 12.4 Å². The van der Waals surface area contributed by atoms with Gasteiger partial charge in [-0.2, -0.15) is 0 Å². The van der Waals surface area contributed by atoms with Gasteiger partial charge in [0.2, 0.25) is 15.9 Å². The summed E-state index contributed by atoms with van der Waals surface area (Å²) in [5.41, 5.74) is 0.898. The molecule has 7 nitrogen and oxygen atoms in total. The van der Waals surface area contributed by atoms with Gasteiger partial charge in [0, 0.05) is 32.0 Å². The zero-order chi connectivity index (χ0) is 14.6. The smallest absolute Gasteiger partial charge is 0.239 e. The van der Waals surface area contributed by atoms with Gasteiger partial charge in [0.1, 0.15) is 5.75 Å². The number of aromatic nitrogens is 1. The highest BCUT2D eigenvalue weighted by molar-refractivity contribution is 7.90. The van der Waals surface area contributed by atoms with Gasteiger partial charge in [-0.3, -0.25) is 9.78 Å². The van der Waals surface area contributed by atoms with Crippen LogP contribution in [0.1, 0.15) is 11.6 Å². The van der Waals surface area contributed by atoms with Gasteiger partial charge < -0.3 is 10.2 Å². The fourth-order valence-corrected chi connectivity index (χ4v) is 2.83. The number of hydrogen-bond acceptors (Lipinski definition) is 5. The summed E-state index contributed by atoms with van der Waals surface area (Å²) in [7, 11) is -2.25. The number of nitrogens with zero attached hydrogens (tertiary/aromatic N) is 2. The maximum Gasteiger partial charge on any atom is 0.239 e. The molecule has 9 heteroatoms. The Morgan fingerprint density at radius 2 is 2.33 bits per heavy atom. The SMILES string of the molecule is CNS(=O)(=O)CC(=O)N1CCNCC1c1cccnc1.Cl. The lowest BCUT2D eigenvalue weighted by atomic mass is 10.1. The highest BCUT2D eigenvalue weighted by atomic mass is 35.5.